The Hall–Kier alpha value is -2.41. The van der Waals surface area contributed by atoms with Crippen molar-refractivity contribution in [3.8, 4) is 0 Å². The first-order chi connectivity index (χ1) is 10.7. The largest absolute Gasteiger partial charge is 0.378 e. The molecule has 1 aromatic heterocycles. The molecule has 0 radical (unpaired) electrons. The van der Waals surface area contributed by atoms with Gasteiger partial charge in [-0.3, -0.25) is 14.9 Å². The number of amides is 1. The molecule has 0 aliphatic heterocycles. The summed E-state index contributed by atoms with van der Waals surface area (Å²) in [5.41, 5.74) is 1.66. The topological polar surface area (TPSA) is 84.3 Å². The maximum absolute atomic E-state index is 11.7. The van der Waals surface area contributed by atoms with Gasteiger partial charge in [0.15, 0.2) is 0 Å². The number of nitrogens with zero attached hydrogens (tertiary/aromatic N) is 1. The number of nitro groups is 1. The van der Waals surface area contributed by atoms with Crippen LogP contribution in [0.4, 0.5) is 11.4 Å². The number of nitrogens with one attached hydrogen (secondary N) is 2. The number of thiophene rings is 1. The average molecular weight is 319 g/mol. The Labute approximate surface area is 132 Å². The molecule has 0 unspecified atom stereocenters. The van der Waals surface area contributed by atoms with E-state index in [1.807, 2.05) is 16.8 Å². The monoisotopic (exact) mass is 319 g/mol. The minimum Gasteiger partial charge on any atom is -0.378 e. The second-order valence-corrected chi connectivity index (χ2v) is 5.46. The Kier molecular flexibility index (Phi) is 5.91. The van der Waals surface area contributed by atoms with Crippen LogP contribution in [0, 0.1) is 10.1 Å². The molecular weight excluding hydrogens is 302 g/mol. The fraction of sp³-hybridized carbons (Fsp3) is 0.267. The summed E-state index contributed by atoms with van der Waals surface area (Å²) in [5, 5.41) is 20.6. The SMILES string of the molecule is O=C(CCc1ccsc1)NCCNc1ccccc1[N+](=O)[O-]. The predicted octanol–water partition coefficient (Wildman–Crippen LogP) is 2.82. The maximum atomic E-state index is 11.7. The smallest absolute Gasteiger partial charge is 0.292 e. The fourth-order valence-corrected chi connectivity index (χ4v) is 2.67. The van der Waals surface area contributed by atoms with E-state index in [9.17, 15) is 14.9 Å². The van der Waals surface area contributed by atoms with E-state index in [1.54, 1.807) is 29.5 Å². The molecule has 0 fully saturated rings. The van der Waals surface area contributed by atoms with Crippen LogP contribution in [0.2, 0.25) is 0 Å². The standard InChI is InChI=1S/C15H17N3O3S/c19-15(6-5-12-7-10-22-11-12)17-9-8-16-13-3-1-2-4-14(13)18(20)21/h1-4,7,10-11,16H,5-6,8-9H2,(H,17,19). The van der Waals surface area contributed by atoms with Crippen molar-refractivity contribution in [2.24, 2.45) is 0 Å². The number of aryl methyl sites for hydroxylation is 1. The van der Waals surface area contributed by atoms with Gasteiger partial charge in [-0.15, -0.1) is 0 Å². The number of carbonyl (C=O) groups is 1. The van der Waals surface area contributed by atoms with Crippen LogP contribution in [-0.4, -0.2) is 23.9 Å². The van der Waals surface area contributed by atoms with Crippen molar-refractivity contribution in [1.29, 1.82) is 0 Å². The van der Waals surface area contributed by atoms with Gasteiger partial charge < -0.3 is 10.6 Å². The molecule has 2 rings (SSSR count). The number of hydrogen-bond donors (Lipinski definition) is 2. The van der Waals surface area contributed by atoms with Crippen LogP contribution in [0.1, 0.15) is 12.0 Å². The van der Waals surface area contributed by atoms with E-state index < -0.39 is 4.92 Å². The molecule has 0 saturated carbocycles. The van der Waals surface area contributed by atoms with E-state index in [2.05, 4.69) is 10.6 Å². The molecule has 1 aromatic carbocycles. The van der Waals surface area contributed by atoms with Gasteiger partial charge in [0.2, 0.25) is 5.91 Å². The molecule has 7 heteroatoms. The minimum absolute atomic E-state index is 0.0180. The van der Waals surface area contributed by atoms with Crippen molar-refractivity contribution in [2.75, 3.05) is 18.4 Å². The first-order valence-electron chi connectivity index (χ1n) is 6.92. The van der Waals surface area contributed by atoms with Crippen molar-refractivity contribution in [1.82, 2.24) is 5.32 Å². The van der Waals surface area contributed by atoms with Gasteiger partial charge in [-0.2, -0.15) is 11.3 Å². The number of rotatable bonds is 8. The summed E-state index contributed by atoms with van der Waals surface area (Å²) in [6, 6.07) is 8.45. The van der Waals surface area contributed by atoms with Crippen LogP contribution in [0.3, 0.4) is 0 Å². The lowest BCUT2D eigenvalue weighted by Crippen LogP contribution is -2.28. The van der Waals surface area contributed by atoms with Crippen LogP contribution in [-0.2, 0) is 11.2 Å². The van der Waals surface area contributed by atoms with E-state index in [-0.39, 0.29) is 11.6 Å². The quantitative estimate of drug-likeness (QED) is 0.445. The third-order valence-electron chi connectivity index (χ3n) is 3.08. The fourth-order valence-electron chi connectivity index (χ4n) is 1.96. The maximum Gasteiger partial charge on any atom is 0.292 e. The van der Waals surface area contributed by atoms with Gasteiger partial charge in [0.25, 0.3) is 5.69 Å². The van der Waals surface area contributed by atoms with Crippen LogP contribution in [0.5, 0.6) is 0 Å². The summed E-state index contributed by atoms with van der Waals surface area (Å²) in [7, 11) is 0. The summed E-state index contributed by atoms with van der Waals surface area (Å²) in [4.78, 5) is 22.1. The van der Waals surface area contributed by atoms with Crippen LogP contribution in [0.25, 0.3) is 0 Å². The van der Waals surface area contributed by atoms with Crippen molar-refractivity contribution < 1.29 is 9.72 Å². The van der Waals surface area contributed by atoms with Gasteiger partial charge in [-0.05, 0) is 34.9 Å². The highest BCUT2D eigenvalue weighted by Gasteiger charge is 2.11. The molecule has 0 bridgehead atoms. The zero-order valence-corrected chi connectivity index (χ0v) is 12.8. The highest BCUT2D eigenvalue weighted by Crippen LogP contribution is 2.22. The lowest BCUT2D eigenvalue weighted by Gasteiger charge is -2.08. The molecule has 0 aliphatic rings. The van der Waals surface area contributed by atoms with Crippen molar-refractivity contribution in [3.05, 3.63) is 56.8 Å². The highest BCUT2D eigenvalue weighted by molar-refractivity contribution is 7.07. The van der Waals surface area contributed by atoms with Crippen LogP contribution >= 0.6 is 11.3 Å². The Morgan fingerprint density at radius 1 is 1.23 bits per heavy atom. The summed E-state index contributed by atoms with van der Waals surface area (Å²) >= 11 is 1.62. The lowest BCUT2D eigenvalue weighted by molar-refractivity contribution is -0.384. The van der Waals surface area contributed by atoms with Gasteiger partial charge in [0.1, 0.15) is 5.69 Å². The molecule has 1 amide bonds. The van der Waals surface area contributed by atoms with Gasteiger partial charge in [0, 0.05) is 25.6 Å². The number of anilines is 1. The molecule has 116 valence electrons. The van der Waals surface area contributed by atoms with Gasteiger partial charge >= 0.3 is 0 Å². The Bertz CT molecular complexity index is 629. The molecule has 0 aliphatic carbocycles. The van der Waals surface area contributed by atoms with Crippen molar-refractivity contribution in [2.45, 2.75) is 12.8 Å². The zero-order valence-electron chi connectivity index (χ0n) is 12.0. The second-order valence-electron chi connectivity index (χ2n) is 4.68. The van der Waals surface area contributed by atoms with Crippen molar-refractivity contribution in [3.63, 3.8) is 0 Å². The van der Waals surface area contributed by atoms with E-state index >= 15 is 0 Å². The molecule has 0 saturated heterocycles. The zero-order chi connectivity index (χ0) is 15.8. The lowest BCUT2D eigenvalue weighted by atomic mass is 10.2. The molecular formula is C15H17N3O3S. The van der Waals surface area contributed by atoms with E-state index in [1.165, 1.54) is 6.07 Å². The van der Waals surface area contributed by atoms with E-state index in [4.69, 9.17) is 0 Å². The van der Waals surface area contributed by atoms with E-state index in [0.717, 1.165) is 12.0 Å². The summed E-state index contributed by atoms with van der Waals surface area (Å²) in [5.74, 6) is -0.0180. The normalized spacial score (nSPS) is 10.2. The third kappa shape index (κ3) is 4.85. The Morgan fingerprint density at radius 3 is 2.77 bits per heavy atom. The molecule has 0 atom stereocenters. The Morgan fingerprint density at radius 2 is 2.05 bits per heavy atom. The summed E-state index contributed by atoms with van der Waals surface area (Å²) in [6.07, 6.45) is 1.18. The molecule has 22 heavy (non-hydrogen) atoms. The second kappa shape index (κ2) is 8.14. The summed E-state index contributed by atoms with van der Waals surface area (Å²) < 4.78 is 0. The Balaban J connectivity index is 1.68. The number of carbonyl (C=O) groups excluding carboxylic acids is 1. The number of benzene rings is 1. The molecule has 2 N–H and O–H groups in total. The van der Waals surface area contributed by atoms with Gasteiger partial charge in [-0.1, -0.05) is 12.1 Å². The molecule has 1 heterocycles. The summed E-state index contributed by atoms with van der Waals surface area (Å²) in [6.45, 7) is 0.865. The van der Waals surface area contributed by atoms with Crippen LogP contribution < -0.4 is 10.6 Å². The number of hydrogen-bond acceptors (Lipinski definition) is 5. The highest BCUT2D eigenvalue weighted by atomic mass is 32.1. The third-order valence-corrected chi connectivity index (χ3v) is 3.82. The van der Waals surface area contributed by atoms with Gasteiger partial charge in [0.05, 0.1) is 4.92 Å². The number of para-hydroxylation sites is 2. The van der Waals surface area contributed by atoms with Crippen LogP contribution in [0.15, 0.2) is 41.1 Å². The molecule has 0 spiro atoms. The first-order valence-corrected chi connectivity index (χ1v) is 7.86. The van der Waals surface area contributed by atoms with Gasteiger partial charge in [-0.25, -0.2) is 0 Å². The minimum atomic E-state index is -0.429. The average Bonchev–Trinajstić information content (AvgIpc) is 3.03. The molecule has 2 aromatic rings. The van der Waals surface area contributed by atoms with E-state index in [0.29, 0.717) is 25.2 Å². The predicted molar refractivity (Wildman–Crippen MR) is 87.2 cm³/mol. The molecule has 6 nitrogen and oxygen atoms in total. The van der Waals surface area contributed by atoms with Crippen molar-refractivity contribution >= 4 is 28.6 Å². The first kappa shape index (κ1) is 16.0. The number of nitro benzene ring substituents is 1.